The number of aliphatic hydroxyl groups excluding tert-OH is 1. The number of aliphatic hydroxyl groups is 1. The Morgan fingerprint density at radius 1 is 1.67 bits per heavy atom. The molecule has 9 heavy (non-hydrogen) atoms. The maximum absolute atomic E-state index is 8.84. The smallest absolute Gasteiger partial charge is 0.272 e. The monoisotopic (exact) mass is 128 g/mol. The molecule has 52 valence electrons. The molecule has 2 nitrogen and oxygen atoms in total. The molecule has 0 saturated carbocycles. The zero-order valence-corrected chi connectivity index (χ0v) is 5.79. The lowest BCUT2D eigenvalue weighted by Crippen LogP contribution is -2.21. The van der Waals surface area contributed by atoms with Crippen LogP contribution in [0.25, 0.3) is 0 Å². The Kier molecular flexibility index (Phi) is 1.65. The third kappa shape index (κ3) is 1.37. The Hall–Kier alpha value is -0.660. The van der Waals surface area contributed by atoms with Crippen LogP contribution in [0.15, 0.2) is 12.0 Å². The number of hydrogen-bond donors (Lipinski definition) is 1. The maximum Gasteiger partial charge on any atom is 0.272 e. The van der Waals surface area contributed by atoms with E-state index in [1.807, 2.05) is 6.92 Å². The summed E-state index contributed by atoms with van der Waals surface area (Å²) >= 11 is 0. The molecule has 1 heterocycles. The molecule has 0 aliphatic carbocycles. The molecule has 1 aliphatic heterocycles. The van der Waals surface area contributed by atoms with E-state index in [1.165, 1.54) is 0 Å². The highest BCUT2D eigenvalue weighted by Gasteiger charge is 2.17. The Balaban J connectivity index is 2.54. The van der Waals surface area contributed by atoms with Gasteiger partial charge in [-0.15, -0.1) is 0 Å². The third-order valence-electron chi connectivity index (χ3n) is 1.77. The second-order valence-corrected chi connectivity index (χ2v) is 2.58. The minimum absolute atomic E-state index is 0.0839. The first-order chi connectivity index (χ1) is 4.20. The number of rotatable bonds is 0. The van der Waals surface area contributed by atoms with E-state index in [2.05, 4.69) is 6.92 Å². The van der Waals surface area contributed by atoms with Crippen molar-refractivity contribution in [3.8, 4) is 0 Å². The molecule has 0 fully saturated rings. The highest BCUT2D eigenvalue weighted by molar-refractivity contribution is 4.90. The zero-order chi connectivity index (χ0) is 6.85. The van der Waals surface area contributed by atoms with E-state index in [4.69, 9.17) is 9.84 Å². The Morgan fingerprint density at radius 2 is 2.33 bits per heavy atom. The van der Waals surface area contributed by atoms with Gasteiger partial charge in [-0.2, -0.15) is 0 Å². The second kappa shape index (κ2) is 2.29. The van der Waals surface area contributed by atoms with Gasteiger partial charge in [-0.3, -0.25) is 0 Å². The van der Waals surface area contributed by atoms with Crippen molar-refractivity contribution in [1.82, 2.24) is 0 Å². The van der Waals surface area contributed by atoms with E-state index in [9.17, 15) is 0 Å². The van der Waals surface area contributed by atoms with Crippen LogP contribution in [-0.2, 0) is 4.74 Å². The van der Waals surface area contributed by atoms with E-state index in [-0.39, 0.29) is 12.0 Å². The molecule has 0 saturated heterocycles. The van der Waals surface area contributed by atoms with Gasteiger partial charge in [0.2, 0.25) is 0 Å². The molecule has 1 rings (SSSR count). The van der Waals surface area contributed by atoms with E-state index in [1.54, 1.807) is 6.08 Å². The van der Waals surface area contributed by atoms with Gasteiger partial charge in [-0.1, -0.05) is 6.92 Å². The van der Waals surface area contributed by atoms with Gasteiger partial charge in [0.05, 0.1) is 0 Å². The van der Waals surface area contributed by atoms with Gasteiger partial charge in [0.25, 0.3) is 5.95 Å². The molecule has 0 spiro atoms. The fourth-order valence-corrected chi connectivity index (χ4v) is 0.833. The summed E-state index contributed by atoms with van der Waals surface area (Å²) in [6.07, 6.45) is 2.80. The molecule has 1 N–H and O–H groups in total. The first kappa shape index (κ1) is 6.46. The minimum Gasteiger partial charge on any atom is -0.481 e. The van der Waals surface area contributed by atoms with Crippen molar-refractivity contribution >= 4 is 0 Å². The van der Waals surface area contributed by atoms with Crippen molar-refractivity contribution in [1.29, 1.82) is 0 Å². The predicted molar refractivity (Wildman–Crippen MR) is 35.0 cm³/mol. The number of hydrogen-bond acceptors (Lipinski definition) is 2. The summed E-state index contributed by atoms with van der Waals surface area (Å²) in [7, 11) is 0. The first-order valence-electron chi connectivity index (χ1n) is 3.26. The fraction of sp³-hybridized carbons (Fsp3) is 0.714. The Morgan fingerprint density at radius 3 is 2.78 bits per heavy atom. The van der Waals surface area contributed by atoms with Gasteiger partial charge in [-0.25, -0.2) is 0 Å². The summed E-state index contributed by atoms with van der Waals surface area (Å²) in [6.45, 7) is 4.07. The van der Waals surface area contributed by atoms with Crippen LogP contribution < -0.4 is 0 Å². The van der Waals surface area contributed by atoms with Gasteiger partial charge in [0.15, 0.2) is 0 Å². The van der Waals surface area contributed by atoms with Crippen LogP contribution in [-0.4, -0.2) is 11.2 Å². The normalized spacial score (nSPS) is 35.1. The second-order valence-electron chi connectivity index (χ2n) is 2.58. The lowest BCUT2D eigenvalue weighted by Gasteiger charge is -2.23. The van der Waals surface area contributed by atoms with Gasteiger partial charge in [0.1, 0.15) is 6.10 Å². The van der Waals surface area contributed by atoms with E-state index >= 15 is 0 Å². The van der Waals surface area contributed by atoms with E-state index in [0.717, 1.165) is 6.42 Å². The molecule has 0 aromatic heterocycles. The lowest BCUT2D eigenvalue weighted by molar-refractivity contribution is -0.000910. The predicted octanol–water partition coefficient (Wildman–Crippen LogP) is 1.83. The van der Waals surface area contributed by atoms with Gasteiger partial charge in [0, 0.05) is 0 Å². The molecule has 0 bridgehead atoms. The lowest BCUT2D eigenvalue weighted by atomic mass is 10.0. The fourth-order valence-electron chi connectivity index (χ4n) is 0.833. The summed E-state index contributed by atoms with van der Waals surface area (Å²) < 4.78 is 5.02. The van der Waals surface area contributed by atoms with E-state index < -0.39 is 0 Å². The van der Waals surface area contributed by atoms with Crippen LogP contribution >= 0.6 is 0 Å². The van der Waals surface area contributed by atoms with Crippen LogP contribution in [0.2, 0.25) is 0 Å². The summed E-state index contributed by atoms with van der Waals surface area (Å²) in [6, 6.07) is 0. The van der Waals surface area contributed by atoms with Crippen LogP contribution in [0.3, 0.4) is 0 Å². The molecule has 0 aromatic carbocycles. The summed E-state index contributed by atoms with van der Waals surface area (Å²) in [5.41, 5.74) is 0. The van der Waals surface area contributed by atoms with Crippen molar-refractivity contribution in [2.24, 2.45) is 5.92 Å². The van der Waals surface area contributed by atoms with E-state index in [0.29, 0.717) is 5.92 Å². The van der Waals surface area contributed by atoms with Gasteiger partial charge >= 0.3 is 0 Å². The number of ether oxygens (including phenoxy) is 1. The zero-order valence-electron chi connectivity index (χ0n) is 5.79. The largest absolute Gasteiger partial charge is 0.481 e. The molecule has 2 heteroatoms. The van der Waals surface area contributed by atoms with Crippen molar-refractivity contribution in [2.75, 3.05) is 0 Å². The van der Waals surface area contributed by atoms with Crippen LogP contribution in [0, 0.1) is 5.92 Å². The Labute approximate surface area is 55.1 Å². The molecule has 2 unspecified atom stereocenters. The summed E-state index contributed by atoms with van der Waals surface area (Å²) in [4.78, 5) is 0. The van der Waals surface area contributed by atoms with Crippen molar-refractivity contribution in [3.05, 3.63) is 12.0 Å². The molecule has 0 amide bonds. The van der Waals surface area contributed by atoms with Crippen LogP contribution in [0.5, 0.6) is 0 Å². The standard InChI is InChI=1S/C7H12O2/c1-5-3-4-7(8)9-6(5)2/h4-6,8H,3H2,1-2H3. The summed E-state index contributed by atoms with van der Waals surface area (Å²) in [5.74, 6) is 0.612. The average Bonchev–Trinajstić information content (AvgIpc) is 1.80. The molecule has 2 atom stereocenters. The van der Waals surface area contributed by atoms with Gasteiger partial charge in [-0.05, 0) is 25.3 Å². The SMILES string of the molecule is CC1CC=C(O)OC1C. The topological polar surface area (TPSA) is 29.5 Å². The van der Waals surface area contributed by atoms with Crippen molar-refractivity contribution in [3.63, 3.8) is 0 Å². The van der Waals surface area contributed by atoms with Crippen LogP contribution in [0.1, 0.15) is 20.3 Å². The average molecular weight is 128 g/mol. The molecule has 0 radical (unpaired) electrons. The molecule has 0 aromatic rings. The molecular formula is C7H12O2. The number of allylic oxidation sites excluding steroid dienone is 1. The third-order valence-corrected chi connectivity index (χ3v) is 1.77. The quantitative estimate of drug-likeness (QED) is 0.539. The van der Waals surface area contributed by atoms with Crippen LogP contribution in [0.4, 0.5) is 0 Å². The summed E-state index contributed by atoms with van der Waals surface area (Å²) in [5, 5.41) is 8.84. The molecule has 1 aliphatic rings. The Bertz CT molecular complexity index is 129. The maximum atomic E-state index is 8.84. The molecular weight excluding hydrogens is 116 g/mol. The van der Waals surface area contributed by atoms with Crippen molar-refractivity contribution in [2.45, 2.75) is 26.4 Å². The highest BCUT2D eigenvalue weighted by Crippen LogP contribution is 2.20. The van der Waals surface area contributed by atoms with Crippen molar-refractivity contribution < 1.29 is 9.84 Å². The minimum atomic E-state index is 0.0839. The first-order valence-corrected chi connectivity index (χ1v) is 3.26. The highest BCUT2D eigenvalue weighted by atomic mass is 16.6. The van der Waals surface area contributed by atoms with Gasteiger partial charge < -0.3 is 9.84 Å².